The van der Waals surface area contributed by atoms with Gasteiger partial charge in [0.1, 0.15) is 5.82 Å². The molecule has 19 heavy (non-hydrogen) atoms. The fourth-order valence-electron chi connectivity index (χ4n) is 1.24. The highest BCUT2D eigenvalue weighted by Crippen LogP contribution is 2.21. The summed E-state index contributed by atoms with van der Waals surface area (Å²) >= 11 is 0. The largest absolute Gasteiger partial charge is 0.389 e. The molecular formula is C11H12F2N2O4. The molecule has 8 heteroatoms. The highest BCUT2D eigenvalue weighted by molar-refractivity contribution is 5.94. The molecule has 0 saturated heterocycles. The Morgan fingerprint density at radius 1 is 1.42 bits per heavy atom. The molecule has 1 aromatic carbocycles. The third-order valence-corrected chi connectivity index (χ3v) is 2.16. The summed E-state index contributed by atoms with van der Waals surface area (Å²) in [5.41, 5.74) is -2.92. The van der Waals surface area contributed by atoms with Crippen LogP contribution in [0.5, 0.6) is 0 Å². The van der Waals surface area contributed by atoms with Gasteiger partial charge in [-0.25, -0.2) is 4.39 Å². The topological polar surface area (TPSA) is 92.5 Å². The van der Waals surface area contributed by atoms with Gasteiger partial charge in [0.15, 0.2) is 0 Å². The molecule has 0 saturated carbocycles. The molecule has 0 atom stereocenters. The predicted octanol–water partition coefficient (Wildman–Crippen LogP) is 1.37. The van der Waals surface area contributed by atoms with Gasteiger partial charge in [-0.1, -0.05) is 0 Å². The van der Waals surface area contributed by atoms with Crippen molar-refractivity contribution in [3.63, 3.8) is 0 Å². The molecule has 0 bridgehead atoms. The Labute approximate surface area is 107 Å². The highest BCUT2D eigenvalue weighted by atomic mass is 19.1. The molecule has 0 unspecified atom stereocenters. The Hall–Kier alpha value is -2.09. The molecule has 0 radical (unpaired) electrons. The molecule has 0 heterocycles. The Bertz CT molecular complexity index is 526. The zero-order chi connectivity index (χ0) is 14.8. The zero-order valence-electron chi connectivity index (χ0n) is 10.2. The fraction of sp³-hybridized carbons (Fsp3) is 0.364. The van der Waals surface area contributed by atoms with Gasteiger partial charge in [-0.05, 0) is 19.9 Å². The van der Waals surface area contributed by atoms with Crippen LogP contribution in [0.25, 0.3) is 0 Å². The molecule has 2 N–H and O–H groups in total. The second kappa shape index (κ2) is 5.27. The standard InChI is InChI=1S/C11H12F2N2O4/c1-11(2,17)5-14-10(16)6-3-8(13)9(15(18)19)4-7(6)12/h3-4,17H,5H2,1-2H3,(H,14,16). The molecule has 6 nitrogen and oxygen atoms in total. The number of halogens is 2. The molecule has 1 rings (SSSR count). The highest BCUT2D eigenvalue weighted by Gasteiger charge is 2.23. The van der Waals surface area contributed by atoms with Crippen LogP contribution in [-0.4, -0.2) is 28.1 Å². The average Bonchev–Trinajstić information content (AvgIpc) is 2.27. The van der Waals surface area contributed by atoms with Crippen molar-refractivity contribution in [2.75, 3.05) is 6.54 Å². The van der Waals surface area contributed by atoms with E-state index in [2.05, 4.69) is 5.32 Å². The van der Waals surface area contributed by atoms with Gasteiger partial charge in [0, 0.05) is 6.54 Å². The maximum Gasteiger partial charge on any atom is 0.307 e. The number of nitro benzene ring substituents is 1. The lowest BCUT2D eigenvalue weighted by molar-refractivity contribution is -0.387. The maximum atomic E-state index is 13.5. The number of hydrogen-bond donors (Lipinski definition) is 2. The summed E-state index contributed by atoms with van der Waals surface area (Å²) in [5.74, 6) is -3.48. The van der Waals surface area contributed by atoms with Crippen molar-refractivity contribution in [3.05, 3.63) is 39.4 Å². The van der Waals surface area contributed by atoms with E-state index in [4.69, 9.17) is 0 Å². The lowest BCUT2D eigenvalue weighted by atomic mass is 10.1. The number of rotatable bonds is 4. The average molecular weight is 274 g/mol. The van der Waals surface area contributed by atoms with Gasteiger partial charge >= 0.3 is 5.69 Å². The zero-order valence-corrected chi connectivity index (χ0v) is 10.2. The number of nitrogens with one attached hydrogen (secondary N) is 1. The molecule has 0 spiro atoms. The first-order chi connectivity index (χ1) is 8.61. The van der Waals surface area contributed by atoms with E-state index in [9.17, 15) is 28.8 Å². The number of hydrogen-bond acceptors (Lipinski definition) is 4. The minimum atomic E-state index is -1.31. The lowest BCUT2D eigenvalue weighted by Gasteiger charge is -2.17. The summed E-state index contributed by atoms with van der Waals surface area (Å²) < 4.78 is 26.7. The summed E-state index contributed by atoms with van der Waals surface area (Å²) in [6.45, 7) is 2.66. The molecular weight excluding hydrogens is 262 g/mol. The van der Waals surface area contributed by atoms with E-state index in [0.29, 0.717) is 12.1 Å². The third-order valence-electron chi connectivity index (χ3n) is 2.16. The van der Waals surface area contributed by atoms with Crippen LogP contribution in [0.4, 0.5) is 14.5 Å². The van der Waals surface area contributed by atoms with E-state index in [1.807, 2.05) is 0 Å². The van der Waals surface area contributed by atoms with Crippen LogP contribution in [0.2, 0.25) is 0 Å². The normalized spacial score (nSPS) is 11.2. The summed E-state index contributed by atoms with van der Waals surface area (Å²) in [6, 6.07) is 0.793. The summed E-state index contributed by atoms with van der Waals surface area (Å²) in [5, 5.41) is 22.0. The van der Waals surface area contributed by atoms with Gasteiger partial charge < -0.3 is 10.4 Å². The first kappa shape index (κ1) is 15.0. The molecule has 0 aliphatic rings. The van der Waals surface area contributed by atoms with Crippen LogP contribution in [0.15, 0.2) is 12.1 Å². The van der Waals surface area contributed by atoms with Gasteiger partial charge in [-0.3, -0.25) is 14.9 Å². The summed E-state index contributed by atoms with van der Waals surface area (Å²) in [7, 11) is 0. The van der Waals surface area contributed by atoms with Crippen molar-refractivity contribution in [1.82, 2.24) is 5.32 Å². The number of amides is 1. The quantitative estimate of drug-likeness (QED) is 0.640. The van der Waals surface area contributed by atoms with Crippen LogP contribution < -0.4 is 5.32 Å². The second-order valence-electron chi connectivity index (χ2n) is 4.54. The number of nitro groups is 1. The van der Waals surface area contributed by atoms with Crippen LogP contribution in [-0.2, 0) is 0 Å². The lowest BCUT2D eigenvalue weighted by Crippen LogP contribution is -2.38. The second-order valence-corrected chi connectivity index (χ2v) is 4.54. The van der Waals surface area contributed by atoms with Gasteiger partial charge in [0.05, 0.1) is 22.2 Å². The van der Waals surface area contributed by atoms with E-state index in [1.165, 1.54) is 13.8 Å². The minimum Gasteiger partial charge on any atom is -0.389 e. The van der Waals surface area contributed by atoms with Gasteiger partial charge in [0.25, 0.3) is 5.91 Å². The Morgan fingerprint density at radius 3 is 2.47 bits per heavy atom. The van der Waals surface area contributed by atoms with Crippen molar-refractivity contribution in [2.45, 2.75) is 19.4 Å². The van der Waals surface area contributed by atoms with Crippen molar-refractivity contribution < 1.29 is 23.6 Å². The SMILES string of the molecule is CC(C)(O)CNC(=O)c1cc(F)c([N+](=O)[O-])cc1F. The van der Waals surface area contributed by atoms with Crippen molar-refractivity contribution >= 4 is 11.6 Å². The van der Waals surface area contributed by atoms with Gasteiger partial charge in [0.2, 0.25) is 5.82 Å². The van der Waals surface area contributed by atoms with Crippen LogP contribution in [0.1, 0.15) is 24.2 Å². The molecule has 1 amide bonds. The minimum absolute atomic E-state index is 0.177. The molecule has 0 aromatic heterocycles. The Morgan fingerprint density at radius 2 is 2.00 bits per heavy atom. The molecule has 0 aliphatic heterocycles. The monoisotopic (exact) mass is 274 g/mol. The number of aliphatic hydroxyl groups is 1. The van der Waals surface area contributed by atoms with Crippen LogP contribution >= 0.6 is 0 Å². The molecule has 0 fully saturated rings. The maximum absolute atomic E-state index is 13.5. The van der Waals surface area contributed by atoms with Gasteiger partial charge in [-0.2, -0.15) is 4.39 Å². The number of carbonyl (C=O) groups is 1. The van der Waals surface area contributed by atoms with Crippen molar-refractivity contribution in [1.29, 1.82) is 0 Å². The fourth-order valence-corrected chi connectivity index (χ4v) is 1.24. The summed E-state index contributed by atoms with van der Waals surface area (Å²) in [6.07, 6.45) is 0. The number of nitrogens with zero attached hydrogens (tertiary/aromatic N) is 1. The van der Waals surface area contributed by atoms with Gasteiger partial charge in [-0.15, -0.1) is 0 Å². The molecule has 104 valence electrons. The molecule has 1 aromatic rings. The Balaban J connectivity index is 2.99. The van der Waals surface area contributed by atoms with E-state index in [1.54, 1.807) is 0 Å². The van der Waals surface area contributed by atoms with E-state index in [0.717, 1.165) is 0 Å². The predicted molar refractivity (Wildman–Crippen MR) is 61.6 cm³/mol. The van der Waals surface area contributed by atoms with Crippen molar-refractivity contribution in [3.8, 4) is 0 Å². The third kappa shape index (κ3) is 3.95. The van der Waals surface area contributed by atoms with Crippen molar-refractivity contribution in [2.24, 2.45) is 0 Å². The number of carbonyl (C=O) groups excluding carboxylic acids is 1. The van der Waals surface area contributed by atoms with Crippen LogP contribution in [0.3, 0.4) is 0 Å². The smallest absolute Gasteiger partial charge is 0.307 e. The number of benzene rings is 1. The first-order valence-electron chi connectivity index (χ1n) is 5.26. The van der Waals surface area contributed by atoms with E-state index >= 15 is 0 Å². The van der Waals surface area contributed by atoms with E-state index in [-0.39, 0.29) is 6.54 Å². The first-order valence-corrected chi connectivity index (χ1v) is 5.26. The Kier molecular flexibility index (Phi) is 4.15. The van der Waals surface area contributed by atoms with E-state index < -0.39 is 39.3 Å². The molecule has 0 aliphatic carbocycles. The summed E-state index contributed by atoms with van der Waals surface area (Å²) in [4.78, 5) is 20.8. The van der Waals surface area contributed by atoms with Crippen LogP contribution in [0, 0.1) is 21.7 Å².